The minimum Gasteiger partial charge on any atom is -0.467 e. The molecule has 0 aliphatic carbocycles. The maximum absolute atomic E-state index is 10.6. The predicted octanol–water partition coefficient (Wildman–Crippen LogP) is 4.53. The van der Waals surface area contributed by atoms with Crippen LogP contribution in [-0.2, 0) is 19.1 Å². The highest BCUT2D eigenvalue weighted by atomic mass is 16.7. The Labute approximate surface area is 136 Å². The molecule has 0 aromatic heterocycles. The van der Waals surface area contributed by atoms with Crippen LogP contribution in [0.4, 0.5) is 0 Å². The molecule has 0 spiro atoms. The number of carbonyl (C=O) groups excluding carboxylic acids is 2. The van der Waals surface area contributed by atoms with Crippen LogP contribution in [0.15, 0.2) is 12.3 Å². The largest absolute Gasteiger partial charge is 0.467 e. The van der Waals surface area contributed by atoms with Crippen molar-refractivity contribution in [3.05, 3.63) is 12.3 Å². The summed E-state index contributed by atoms with van der Waals surface area (Å²) in [6, 6.07) is 0. The molecule has 0 N–H and O–H groups in total. The van der Waals surface area contributed by atoms with Crippen molar-refractivity contribution < 1.29 is 19.1 Å². The van der Waals surface area contributed by atoms with Gasteiger partial charge in [-0.3, -0.25) is 4.79 Å². The number of Topliss-reactive ketones (excluding diaryl/α,β-unsaturated/α-hetero) is 2. The standard InChI is InChI=1S/C9H16O2.C8H14O2.CH4/c1-7-5-6-8(2)11-9(7,3)10-4;1-6(8(3)10)4-5-7(2)9;/h7H,2,5-6H2,1,3-4H3;6H,4-5H2,1-3H3;1H4. The maximum Gasteiger partial charge on any atom is 0.209 e. The summed E-state index contributed by atoms with van der Waals surface area (Å²) in [5, 5.41) is 0. The number of allylic oxidation sites excluding steroid dienone is 1. The molecule has 3 atom stereocenters. The fraction of sp³-hybridized carbons (Fsp3) is 0.778. The van der Waals surface area contributed by atoms with Gasteiger partial charge >= 0.3 is 0 Å². The van der Waals surface area contributed by atoms with Gasteiger partial charge in [0.15, 0.2) is 0 Å². The van der Waals surface area contributed by atoms with Gasteiger partial charge in [-0.2, -0.15) is 0 Å². The number of hydrogen-bond donors (Lipinski definition) is 0. The quantitative estimate of drug-likeness (QED) is 0.748. The Balaban J connectivity index is 0. The fourth-order valence-electron chi connectivity index (χ4n) is 1.94. The fourth-order valence-corrected chi connectivity index (χ4v) is 1.94. The molecular weight excluding hydrogens is 280 g/mol. The summed E-state index contributed by atoms with van der Waals surface area (Å²) in [7, 11) is 1.68. The Hall–Kier alpha value is -1.16. The van der Waals surface area contributed by atoms with Crippen molar-refractivity contribution in [2.24, 2.45) is 11.8 Å². The molecule has 0 amide bonds. The van der Waals surface area contributed by atoms with Crippen LogP contribution in [0.1, 0.15) is 67.7 Å². The van der Waals surface area contributed by atoms with E-state index in [1.165, 1.54) is 0 Å². The van der Waals surface area contributed by atoms with Crippen molar-refractivity contribution in [3.8, 4) is 0 Å². The molecule has 22 heavy (non-hydrogen) atoms. The SMILES string of the molecule is C.C=C1CCC(C)C(C)(OC)O1.CC(=O)CCC(C)C(C)=O. The first-order valence-electron chi connectivity index (χ1n) is 7.54. The van der Waals surface area contributed by atoms with Gasteiger partial charge in [0.05, 0.1) is 5.76 Å². The molecule has 1 rings (SSSR count). The minimum atomic E-state index is -0.449. The van der Waals surface area contributed by atoms with Crippen molar-refractivity contribution >= 4 is 11.6 Å². The van der Waals surface area contributed by atoms with Crippen LogP contribution in [0.25, 0.3) is 0 Å². The third-order valence-electron chi connectivity index (χ3n) is 4.13. The Morgan fingerprint density at radius 1 is 1.45 bits per heavy atom. The van der Waals surface area contributed by atoms with E-state index in [4.69, 9.17) is 9.47 Å². The number of ether oxygens (including phenoxy) is 2. The van der Waals surface area contributed by atoms with Crippen molar-refractivity contribution in [2.45, 2.75) is 73.5 Å². The van der Waals surface area contributed by atoms with E-state index in [1.54, 1.807) is 21.0 Å². The zero-order chi connectivity index (χ0) is 16.6. The van der Waals surface area contributed by atoms with Crippen LogP contribution < -0.4 is 0 Å². The number of rotatable bonds is 5. The second-order valence-corrected chi connectivity index (χ2v) is 6.05. The van der Waals surface area contributed by atoms with Crippen LogP contribution in [0.2, 0.25) is 0 Å². The lowest BCUT2D eigenvalue weighted by molar-refractivity contribution is -0.232. The molecule has 0 aromatic carbocycles. The van der Waals surface area contributed by atoms with Crippen LogP contribution in [0, 0.1) is 11.8 Å². The molecule has 130 valence electrons. The lowest BCUT2D eigenvalue weighted by atomic mass is 9.93. The van der Waals surface area contributed by atoms with Gasteiger partial charge in [0, 0.05) is 38.7 Å². The average Bonchev–Trinajstić information content (AvgIpc) is 2.41. The van der Waals surface area contributed by atoms with E-state index >= 15 is 0 Å². The Kier molecular flexibility index (Phi) is 11.1. The van der Waals surface area contributed by atoms with Gasteiger partial charge < -0.3 is 14.3 Å². The summed E-state index contributed by atoms with van der Waals surface area (Å²) in [4.78, 5) is 21.1. The van der Waals surface area contributed by atoms with Crippen molar-refractivity contribution in [1.82, 2.24) is 0 Å². The first-order chi connectivity index (χ1) is 9.62. The monoisotopic (exact) mass is 314 g/mol. The molecule has 4 nitrogen and oxygen atoms in total. The first kappa shape index (κ1) is 23.1. The second-order valence-electron chi connectivity index (χ2n) is 6.05. The van der Waals surface area contributed by atoms with Gasteiger partial charge in [-0.25, -0.2) is 0 Å². The maximum atomic E-state index is 10.6. The molecule has 3 unspecified atom stereocenters. The third kappa shape index (κ3) is 8.32. The number of ketones is 2. The van der Waals surface area contributed by atoms with E-state index in [1.807, 2.05) is 13.8 Å². The van der Waals surface area contributed by atoms with Crippen LogP contribution in [-0.4, -0.2) is 24.5 Å². The molecule has 1 aliphatic rings. The highest BCUT2D eigenvalue weighted by molar-refractivity contribution is 5.79. The van der Waals surface area contributed by atoms with E-state index in [0.717, 1.165) is 18.6 Å². The van der Waals surface area contributed by atoms with E-state index in [2.05, 4.69) is 13.5 Å². The molecule has 4 heteroatoms. The second kappa shape index (κ2) is 10.5. The summed E-state index contributed by atoms with van der Waals surface area (Å²) >= 11 is 0. The van der Waals surface area contributed by atoms with Gasteiger partial charge in [-0.05, 0) is 26.7 Å². The molecule has 1 aliphatic heterocycles. The van der Waals surface area contributed by atoms with Crippen molar-refractivity contribution in [1.29, 1.82) is 0 Å². The normalized spacial score (nSPS) is 25.0. The van der Waals surface area contributed by atoms with E-state index in [0.29, 0.717) is 18.8 Å². The minimum absolute atomic E-state index is 0. The summed E-state index contributed by atoms with van der Waals surface area (Å²) in [6.45, 7) is 12.8. The van der Waals surface area contributed by atoms with Gasteiger partial charge in [0.2, 0.25) is 5.79 Å². The van der Waals surface area contributed by atoms with Crippen LogP contribution >= 0.6 is 0 Å². The molecular formula is C18H34O4. The van der Waals surface area contributed by atoms with E-state index in [-0.39, 0.29) is 24.9 Å². The molecule has 0 radical (unpaired) electrons. The van der Waals surface area contributed by atoms with Crippen molar-refractivity contribution in [2.75, 3.05) is 7.11 Å². The van der Waals surface area contributed by atoms with E-state index in [9.17, 15) is 9.59 Å². The summed E-state index contributed by atoms with van der Waals surface area (Å²) in [5.41, 5.74) is 0. The Morgan fingerprint density at radius 3 is 2.36 bits per heavy atom. The summed E-state index contributed by atoms with van der Waals surface area (Å²) in [6.07, 6.45) is 3.29. The predicted molar refractivity (Wildman–Crippen MR) is 90.5 cm³/mol. The number of carbonyl (C=O) groups is 2. The molecule has 1 heterocycles. The molecule has 0 aromatic rings. The van der Waals surface area contributed by atoms with Gasteiger partial charge in [0.25, 0.3) is 0 Å². The molecule has 1 fully saturated rings. The highest BCUT2D eigenvalue weighted by Crippen LogP contribution is 2.35. The average molecular weight is 314 g/mol. The Bertz CT molecular complexity index is 375. The topological polar surface area (TPSA) is 52.6 Å². The van der Waals surface area contributed by atoms with Crippen LogP contribution in [0.3, 0.4) is 0 Å². The molecule has 1 saturated heterocycles. The summed E-state index contributed by atoms with van der Waals surface area (Å²) < 4.78 is 10.8. The van der Waals surface area contributed by atoms with Gasteiger partial charge in [0.1, 0.15) is 11.6 Å². The zero-order valence-corrected chi connectivity index (χ0v) is 14.3. The zero-order valence-electron chi connectivity index (χ0n) is 14.3. The number of hydrogen-bond acceptors (Lipinski definition) is 4. The molecule has 0 bridgehead atoms. The lowest BCUT2D eigenvalue weighted by Crippen LogP contribution is -2.40. The lowest BCUT2D eigenvalue weighted by Gasteiger charge is -2.39. The smallest absolute Gasteiger partial charge is 0.209 e. The van der Waals surface area contributed by atoms with E-state index < -0.39 is 5.79 Å². The highest BCUT2D eigenvalue weighted by Gasteiger charge is 2.36. The molecule has 0 saturated carbocycles. The first-order valence-corrected chi connectivity index (χ1v) is 7.54. The number of methoxy groups -OCH3 is 1. The van der Waals surface area contributed by atoms with Crippen molar-refractivity contribution in [3.63, 3.8) is 0 Å². The summed E-state index contributed by atoms with van der Waals surface area (Å²) in [5.74, 6) is 1.21. The van der Waals surface area contributed by atoms with Crippen LogP contribution in [0.5, 0.6) is 0 Å². The van der Waals surface area contributed by atoms with Gasteiger partial charge in [-0.15, -0.1) is 0 Å². The third-order valence-corrected chi connectivity index (χ3v) is 4.13. The Morgan fingerprint density at radius 2 is 2.00 bits per heavy atom. The van der Waals surface area contributed by atoms with Gasteiger partial charge in [-0.1, -0.05) is 27.9 Å².